The molecule has 1 fully saturated rings. The van der Waals surface area contributed by atoms with Gasteiger partial charge in [-0.05, 0) is 44.0 Å². The Labute approximate surface area is 142 Å². The van der Waals surface area contributed by atoms with Crippen LogP contribution in [-0.2, 0) is 19.1 Å². The van der Waals surface area contributed by atoms with Crippen molar-refractivity contribution in [3.63, 3.8) is 0 Å². The molecule has 1 saturated heterocycles. The number of hydrogen-bond donors (Lipinski definition) is 1. The molecule has 0 bridgehead atoms. The molecule has 0 saturated carbocycles. The van der Waals surface area contributed by atoms with Gasteiger partial charge in [0.05, 0.1) is 19.1 Å². The Kier molecular flexibility index (Phi) is 5.95. The topological polar surface area (TPSA) is 75.7 Å². The molecule has 0 aliphatic carbocycles. The molecule has 1 aliphatic rings. The number of rotatable bonds is 6. The van der Waals surface area contributed by atoms with Crippen LogP contribution in [0, 0.1) is 13.8 Å². The van der Waals surface area contributed by atoms with Crippen LogP contribution < -0.4 is 10.2 Å². The summed E-state index contributed by atoms with van der Waals surface area (Å²) in [7, 11) is 0. The molecule has 1 heterocycles. The summed E-state index contributed by atoms with van der Waals surface area (Å²) in [5.41, 5.74) is 3.16. The van der Waals surface area contributed by atoms with E-state index >= 15 is 0 Å². The van der Waals surface area contributed by atoms with Gasteiger partial charge in [-0.15, -0.1) is 0 Å². The van der Waals surface area contributed by atoms with Crippen LogP contribution in [0.3, 0.4) is 0 Å². The van der Waals surface area contributed by atoms with Gasteiger partial charge in [-0.1, -0.05) is 6.07 Å². The number of carbonyl (C=O) groups is 3. The van der Waals surface area contributed by atoms with Crippen LogP contribution in [-0.4, -0.2) is 37.0 Å². The van der Waals surface area contributed by atoms with Crippen molar-refractivity contribution in [1.82, 2.24) is 5.32 Å². The number of esters is 1. The zero-order chi connectivity index (χ0) is 17.7. The molecule has 1 aromatic carbocycles. The first-order valence-corrected chi connectivity index (χ1v) is 8.23. The zero-order valence-electron chi connectivity index (χ0n) is 14.4. The van der Waals surface area contributed by atoms with E-state index in [1.54, 1.807) is 11.8 Å². The molecule has 6 nitrogen and oxygen atoms in total. The number of amides is 2. The van der Waals surface area contributed by atoms with Crippen LogP contribution >= 0.6 is 0 Å². The Morgan fingerprint density at radius 3 is 2.67 bits per heavy atom. The minimum absolute atomic E-state index is 0.00561. The van der Waals surface area contributed by atoms with Gasteiger partial charge in [0.15, 0.2) is 0 Å². The lowest BCUT2D eigenvalue weighted by atomic mass is 10.1. The molecule has 1 aliphatic heterocycles. The second-order valence-electron chi connectivity index (χ2n) is 6.05. The third-order valence-electron chi connectivity index (χ3n) is 4.15. The highest BCUT2D eigenvalue weighted by Gasteiger charge is 2.31. The summed E-state index contributed by atoms with van der Waals surface area (Å²) in [5, 5.41) is 2.82. The lowest BCUT2D eigenvalue weighted by molar-refractivity contribution is -0.144. The SMILES string of the molecule is CCOC(=O)CCC(=O)N[C@H]1CC(=O)N(c2ccc(C)c(C)c2)C1. The molecular weight excluding hydrogens is 308 g/mol. The van der Waals surface area contributed by atoms with E-state index in [-0.39, 0.29) is 43.1 Å². The van der Waals surface area contributed by atoms with Gasteiger partial charge in [-0.25, -0.2) is 0 Å². The van der Waals surface area contributed by atoms with Crippen LogP contribution in [0.15, 0.2) is 18.2 Å². The van der Waals surface area contributed by atoms with Gasteiger partial charge < -0.3 is 15.0 Å². The van der Waals surface area contributed by atoms with E-state index in [1.807, 2.05) is 32.0 Å². The summed E-state index contributed by atoms with van der Waals surface area (Å²) in [4.78, 5) is 37.1. The fraction of sp³-hybridized carbons (Fsp3) is 0.500. The summed E-state index contributed by atoms with van der Waals surface area (Å²) < 4.78 is 4.79. The summed E-state index contributed by atoms with van der Waals surface area (Å²) in [6.45, 7) is 6.52. The van der Waals surface area contributed by atoms with Crippen molar-refractivity contribution in [2.24, 2.45) is 0 Å². The van der Waals surface area contributed by atoms with Crippen LogP contribution in [0.5, 0.6) is 0 Å². The maximum absolute atomic E-state index is 12.2. The predicted octanol–water partition coefficient (Wildman–Crippen LogP) is 1.87. The molecule has 24 heavy (non-hydrogen) atoms. The summed E-state index contributed by atoms with van der Waals surface area (Å²) in [5.74, 6) is -0.622. The van der Waals surface area contributed by atoms with Crippen LogP contribution in [0.4, 0.5) is 5.69 Å². The molecule has 1 N–H and O–H groups in total. The van der Waals surface area contributed by atoms with Gasteiger partial charge in [-0.2, -0.15) is 0 Å². The van der Waals surface area contributed by atoms with E-state index in [4.69, 9.17) is 4.74 Å². The fourth-order valence-corrected chi connectivity index (χ4v) is 2.70. The molecule has 0 unspecified atom stereocenters. The smallest absolute Gasteiger partial charge is 0.306 e. The Hall–Kier alpha value is -2.37. The van der Waals surface area contributed by atoms with Crippen molar-refractivity contribution in [3.8, 4) is 0 Å². The standard InChI is InChI=1S/C18H24N2O4/c1-4-24-18(23)8-7-16(21)19-14-10-17(22)20(11-14)15-6-5-12(2)13(3)9-15/h5-6,9,14H,4,7-8,10-11H2,1-3H3,(H,19,21)/t14-/m0/s1. The summed E-state index contributed by atoms with van der Waals surface area (Å²) in [6, 6.07) is 5.67. The Morgan fingerprint density at radius 2 is 2.00 bits per heavy atom. The Morgan fingerprint density at radius 1 is 1.25 bits per heavy atom. The van der Waals surface area contributed by atoms with E-state index in [0.29, 0.717) is 13.2 Å². The van der Waals surface area contributed by atoms with Gasteiger partial charge in [0.2, 0.25) is 11.8 Å². The van der Waals surface area contributed by atoms with Crippen LogP contribution in [0.1, 0.15) is 37.3 Å². The first kappa shape index (κ1) is 18.0. The average molecular weight is 332 g/mol. The highest BCUT2D eigenvalue weighted by atomic mass is 16.5. The highest BCUT2D eigenvalue weighted by molar-refractivity contribution is 5.97. The number of nitrogens with zero attached hydrogens (tertiary/aromatic N) is 1. The molecule has 1 aromatic rings. The van der Waals surface area contributed by atoms with Crippen molar-refractivity contribution < 1.29 is 19.1 Å². The van der Waals surface area contributed by atoms with E-state index in [2.05, 4.69) is 5.32 Å². The highest BCUT2D eigenvalue weighted by Crippen LogP contribution is 2.24. The fourth-order valence-electron chi connectivity index (χ4n) is 2.70. The van der Waals surface area contributed by atoms with Gasteiger partial charge >= 0.3 is 5.97 Å². The van der Waals surface area contributed by atoms with E-state index in [1.165, 1.54) is 5.56 Å². The molecule has 0 spiro atoms. The molecule has 1 atom stereocenters. The molecule has 2 rings (SSSR count). The van der Waals surface area contributed by atoms with Crippen LogP contribution in [0.25, 0.3) is 0 Å². The zero-order valence-corrected chi connectivity index (χ0v) is 14.4. The van der Waals surface area contributed by atoms with Gasteiger partial charge in [-0.3, -0.25) is 14.4 Å². The minimum atomic E-state index is -0.382. The lowest BCUT2D eigenvalue weighted by Crippen LogP contribution is -2.37. The normalized spacial score (nSPS) is 17.0. The maximum atomic E-state index is 12.2. The first-order valence-electron chi connectivity index (χ1n) is 8.23. The monoisotopic (exact) mass is 332 g/mol. The second-order valence-corrected chi connectivity index (χ2v) is 6.05. The molecule has 6 heteroatoms. The number of aryl methyl sites for hydroxylation is 2. The number of nitrogens with one attached hydrogen (secondary N) is 1. The number of hydrogen-bond acceptors (Lipinski definition) is 4. The van der Waals surface area contributed by atoms with Gasteiger partial charge in [0.25, 0.3) is 0 Å². The third kappa shape index (κ3) is 4.57. The largest absolute Gasteiger partial charge is 0.466 e. The Balaban J connectivity index is 1.88. The quantitative estimate of drug-likeness (QED) is 0.807. The van der Waals surface area contributed by atoms with Crippen molar-refractivity contribution in [2.75, 3.05) is 18.1 Å². The van der Waals surface area contributed by atoms with Crippen molar-refractivity contribution in [2.45, 2.75) is 46.1 Å². The van der Waals surface area contributed by atoms with Crippen molar-refractivity contribution in [1.29, 1.82) is 0 Å². The number of ether oxygens (including phenoxy) is 1. The number of carbonyl (C=O) groups excluding carboxylic acids is 3. The second kappa shape index (κ2) is 7.95. The number of anilines is 1. The maximum Gasteiger partial charge on any atom is 0.306 e. The molecule has 130 valence electrons. The van der Waals surface area contributed by atoms with Crippen LogP contribution in [0.2, 0.25) is 0 Å². The molecular formula is C18H24N2O4. The van der Waals surface area contributed by atoms with Gasteiger partial charge in [0.1, 0.15) is 0 Å². The Bertz CT molecular complexity index is 642. The number of benzene rings is 1. The molecule has 0 aromatic heterocycles. The van der Waals surface area contributed by atoms with Crippen molar-refractivity contribution >= 4 is 23.5 Å². The lowest BCUT2D eigenvalue weighted by Gasteiger charge is -2.18. The molecule has 0 radical (unpaired) electrons. The van der Waals surface area contributed by atoms with E-state index < -0.39 is 0 Å². The van der Waals surface area contributed by atoms with Gasteiger partial charge in [0, 0.05) is 25.1 Å². The first-order chi connectivity index (χ1) is 11.4. The third-order valence-corrected chi connectivity index (χ3v) is 4.15. The summed E-state index contributed by atoms with van der Waals surface area (Å²) in [6.07, 6.45) is 0.409. The van der Waals surface area contributed by atoms with E-state index in [0.717, 1.165) is 11.3 Å². The average Bonchev–Trinajstić information content (AvgIpc) is 2.89. The molecule has 2 amide bonds. The predicted molar refractivity (Wildman–Crippen MR) is 90.7 cm³/mol. The van der Waals surface area contributed by atoms with E-state index in [9.17, 15) is 14.4 Å². The van der Waals surface area contributed by atoms with Crippen molar-refractivity contribution in [3.05, 3.63) is 29.3 Å². The summed E-state index contributed by atoms with van der Waals surface area (Å²) >= 11 is 0. The minimum Gasteiger partial charge on any atom is -0.466 e.